The number of aromatic nitrogens is 2. The minimum Gasteiger partial charge on any atom is -0.281 e. The summed E-state index contributed by atoms with van der Waals surface area (Å²) in [7, 11) is 0. The van der Waals surface area contributed by atoms with E-state index in [2.05, 4.69) is 31.0 Å². The molecule has 0 aliphatic heterocycles. The molecule has 0 aliphatic carbocycles. The van der Waals surface area contributed by atoms with Crippen molar-refractivity contribution >= 4 is 56.0 Å². The molecule has 0 spiro atoms. The number of thiazole rings is 1. The third kappa shape index (κ3) is 4.83. The van der Waals surface area contributed by atoms with Gasteiger partial charge in [-0.05, 0) is 67.4 Å². The van der Waals surface area contributed by atoms with Crippen molar-refractivity contribution in [2.75, 3.05) is 10.7 Å². The summed E-state index contributed by atoms with van der Waals surface area (Å²) in [6.45, 7) is 4.53. The largest absolute Gasteiger partial charge is 0.281 e. The number of halogens is 1. The standard InChI is InChI=1S/C23H20ClN3OS2/c1-15-11-16(2)22-20(12-15)26-23(30-22)27(13-18-5-3-4-10-25-18)21(28)14-29-19-8-6-17(24)7-9-19/h3-12H,13-14H2,1-2H3. The average molecular weight is 454 g/mol. The van der Waals surface area contributed by atoms with Crippen molar-refractivity contribution in [1.82, 2.24) is 9.97 Å². The number of nitrogens with zero attached hydrogens (tertiary/aromatic N) is 3. The lowest BCUT2D eigenvalue weighted by Crippen LogP contribution is -2.32. The van der Waals surface area contributed by atoms with Crippen LogP contribution in [0.5, 0.6) is 0 Å². The average Bonchev–Trinajstić information content (AvgIpc) is 3.16. The summed E-state index contributed by atoms with van der Waals surface area (Å²) in [5.41, 5.74) is 4.10. The van der Waals surface area contributed by atoms with Gasteiger partial charge in [-0.2, -0.15) is 0 Å². The molecule has 0 radical (unpaired) electrons. The van der Waals surface area contributed by atoms with E-state index in [0.717, 1.165) is 26.4 Å². The molecule has 0 saturated heterocycles. The fourth-order valence-corrected chi connectivity index (χ4v) is 5.08. The number of rotatable bonds is 6. The van der Waals surface area contributed by atoms with Gasteiger partial charge in [-0.25, -0.2) is 4.98 Å². The third-order valence-corrected chi connectivity index (χ3v) is 7.04. The molecule has 0 atom stereocenters. The van der Waals surface area contributed by atoms with Gasteiger partial charge in [0.2, 0.25) is 5.91 Å². The zero-order chi connectivity index (χ0) is 21.1. The second kappa shape index (κ2) is 9.16. The van der Waals surface area contributed by atoms with Crippen LogP contribution in [-0.4, -0.2) is 21.6 Å². The molecule has 4 aromatic rings. The van der Waals surface area contributed by atoms with E-state index in [4.69, 9.17) is 16.6 Å². The Hall–Kier alpha value is -2.41. The molecule has 0 unspecified atom stereocenters. The maximum Gasteiger partial charge on any atom is 0.239 e. The van der Waals surface area contributed by atoms with Gasteiger partial charge in [0, 0.05) is 16.1 Å². The van der Waals surface area contributed by atoms with Crippen LogP contribution in [0, 0.1) is 13.8 Å². The number of hydrogen-bond acceptors (Lipinski definition) is 5. The van der Waals surface area contributed by atoms with E-state index in [-0.39, 0.29) is 5.91 Å². The number of benzene rings is 2. The van der Waals surface area contributed by atoms with E-state index in [0.29, 0.717) is 22.5 Å². The lowest BCUT2D eigenvalue weighted by atomic mass is 10.1. The first kappa shape index (κ1) is 20.8. The second-order valence-corrected chi connectivity index (χ2v) is 9.43. The number of fused-ring (bicyclic) bond motifs is 1. The molecule has 30 heavy (non-hydrogen) atoms. The molecular weight excluding hydrogens is 434 g/mol. The number of carbonyl (C=O) groups excluding carboxylic acids is 1. The Labute approximate surface area is 188 Å². The number of aryl methyl sites for hydroxylation is 2. The number of thioether (sulfide) groups is 1. The Morgan fingerprint density at radius 2 is 1.93 bits per heavy atom. The second-order valence-electron chi connectivity index (χ2n) is 6.97. The summed E-state index contributed by atoms with van der Waals surface area (Å²) in [6.07, 6.45) is 1.74. The van der Waals surface area contributed by atoms with Crippen LogP contribution in [0.15, 0.2) is 65.7 Å². The van der Waals surface area contributed by atoms with Crippen molar-refractivity contribution in [3.05, 3.63) is 82.6 Å². The first-order chi connectivity index (χ1) is 14.5. The predicted octanol–water partition coefficient (Wildman–Crippen LogP) is 6.29. The van der Waals surface area contributed by atoms with E-state index in [9.17, 15) is 4.79 Å². The van der Waals surface area contributed by atoms with E-state index in [1.165, 1.54) is 17.3 Å². The summed E-state index contributed by atoms with van der Waals surface area (Å²) in [5, 5.41) is 1.38. The maximum absolute atomic E-state index is 13.2. The van der Waals surface area contributed by atoms with Gasteiger partial charge >= 0.3 is 0 Å². The minimum absolute atomic E-state index is 0.00552. The fourth-order valence-electron chi connectivity index (χ4n) is 3.15. The van der Waals surface area contributed by atoms with E-state index < -0.39 is 0 Å². The zero-order valence-corrected chi connectivity index (χ0v) is 19.0. The van der Waals surface area contributed by atoms with Crippen LogP contribution >= 0.6 is 34.7 Å². The quantitative estimate of drug-likeness (QED) is 0.322. The highest BCUT2D eigenvalue weighted by molar-refractivity contribution is 8.00. The molecule has 4 rings (SSSR count). The van der Waals surface area contributed by atoms with Crippen molar-refractivity contribution in [1.29, 1.82) is 0 Å². The van der Waals surface area contributed by atoms with Gasteiger partial charge in [-0.3, -0.25) is 14.7 Å². The smallest absolute Gasteiger partial charge is 0.239 e. The summed E-state index contributed by atoms with van der Waals surface area (Å²) in [4.78, 5) is 25.2. The number of pyridine rings is 1. The first-order valence-corrected chi connectivity index (χ1v) is 11.6. The Morgan fingerprint density at radius 3 is 2.67 bits per heavy atom. The molecule has 0 N–H and O–H groups in total. The SMILES string of the molecule is Cc1cc(C)c2sc(N(Cc3ccccn3)C(=O)CSc3ccc(Cl)cc3)nc2c1. The summed E-state index contributed by atoms with van der Waals surface area (Å²) < 4.78 is 1.11. The molecule has 2 aromatic carbocycles. The Morgan fingerprint density at radius 1 is 1.13 bits per heavy atom. The zero-order valence-electron chi connectivity index (χ0n) is 16.6. The fraction of sp³-hybridized carbons (Fsp3) is 0.174. The summed E-state index contributed by atoms with van der Waals surface area (Å²) >= 11 is 9.00. The molecule has 0 bridgehead atoms. The van der Waals surface area contributed by atoms with Gasteiger partial charge in [0.15, 0.2) is 5.13 Å². The van der Waals surface area contributed by atoms with Crippen molar-refractivity contribution in [3.63, 3.8) is 0 Å². The number of hydrogen-bond donors (Lipinski definition) is 0. The number of carbonyl (C=O) groups is 1. The number of amides is 1. The predicted molar refractivity (Wildman–Crippen MR) is 127 cm³/mol. The molecule has 0 fully saturated rings. The van der Waals surface area contributed by atoms with Crippen LogP contribution in [0.3, 0.4) is 0 Å². The molecule has 152 valence electrons. The highest BCUT2D eigenvalue weighted by atomic mass is 35.5. The van der Waals surface area contributed by atoms with Gasteiger partial charge in [0.25, 0.3) is 0 Å². The van der Waals surface area contributed by atoms with Crippen molar-refractivity contribution < 1.29 is 4.79 Å². The van der Waals surface area contributed by atoms with Crippen LogP contribution in [0.2, 0.25) is 5.02 Å². The van der Waals surface area contributed by atoms with Gasteiger partial charge in [-0.1, -0.05) is 35.1 Å². The molecule has 2 aromatic heterocycles. The summed E-state index contributed by atoms with van der Waals surface area (Å²) in [6, 6.07) is 17.4. The lowest BCUT2D eigenvalue weighted by Gasteiger charge is -2.19. The van der Waals surface area contributed by atoms with Crippen molar-refractivity contribution in [2.45, 2.75) is 25.3 Å². The van der Waals surface area contributed by atoms with Gasteiger partial charge in [-0.15, -0.1) is 11.8 Å². The Balaban J connectivity index is 1.63. The van der Waals surface area contributed by atoms with E-state index in [1.807, 2.05) is 42.5 Å². The third-order valence-electron chi connectivity index (χ3n) is 4.56. The molecule has 0 aliphatic rings. The highest BCUT2D eigenvalue weighted by Gasteiger charge is 2.21. The van der Waals surface area contributed by atoms with Gasteiger partial charge in [0.05, 0.1) is 28.2 Å². The van der Waals surface area contributed by atoms with Gasteiger partial charge in [0.1, 0.15) is 0 Å². The van der Waals surface area contributed by atoms with Gasteiger partial charge < -0.3 is 0 Å². The van der Waals surface area contributed by atoms with Crippen LogP contribution in [-0.2, 0) is 11.3 Å². The molecule has 4 nitrogen and oxygen atoms in total. The Bertz CT molecular complexity index is 1180. The van der Waals surface area contributed by atoms with Crippen LogP contribution in [0.25, 0.3) is 10.2 Å². The molecule has 1 amide bonds. The van der Waals surface area contributed by atoms with Crippen molar-refractivity contribution in [2.24, 2.45) is 0 Å². The molecule has 2 heterocycles. The summed E-state index contributed by atoms with van der Waals surface area (Å²) in [5.74, 6) is 0.302. The molecule has 0 saturated carbocycles. The topological polar surface area (TPSA) is 46.1 Å². The minimum atomic E-state index is -0.00552. The van der Waals surface area contributed by atoms with Crippen LogP contribution < -0.4 is 4.90 Å². The van der Waals surface area contributed by atoms with E-state index >= 15 is 0 Å². The number of anilines is 1. The van der Waals surface area contributed by atoms with Crippen LogP contribution in [0.1, 0.15) is 16.8 Å². The van der Waals surface area contributed by atoms with Crippen molar-refractivity contribution in [3.8, 4) is 0 Å². The highest BCUT2D eigenvalue weighted by Crippen LogP contribution is 2.33. The normalized spacial score (nSPS) is 11.0. The van der Waals surface area contributed by atoms with E-state index in [1.54, 1.807) is 22.4 Å². The maximum atomic E-state index is 13.2. The monoisotopic (exact) mass is 453 g/mol. The molecule has 7 heteroatoms. The van der Waals surface area contributed by atoms with Crippen LogP contribution in [0.4, 0.5) is 5.13 Å². The first-order valence-electron chi connectivity index (χ1n) is 9.46. The molecular formula is C23H20ClN3OS2. The lowest BCUT2D eigenvalue weighted by molar-refractivity contribution is -0.116. The Kier molecular flexibility index (Phi) is 6.37.